The van der Waals surface area contributed by atoms with E-state index in [1.165, 1.54) is 0 Å². The van der Waals surface area contributed by atoms with Crippen molar-refractivity contribution in [3.05, 3.63) is 38.4 Å². The van der Waals surface area contributed by atoms with Gasteiger partial charge < -0.3 is 0 Å². The van der Waals surface area contributed by atoms with Crippen LogP contribution < -0.4 is 10.9 Å². The third-order valence-corrected chi connectivity index (χ3v) is 1.97. The molecule has 1 aromatic carbocycles. The van der Waals surface area contributed by atoms with Crippen LogP contribution in [-0.2, 0) is 4.79 Å². The number of carbonyl (C=O) groups excluding carboxylic acids is 1. The molecule has 0 heterocycles. The minimum atomic E-state index is -0.842. The van der Waals surface area contributed by atoms with Crippen LogP contribution in [-0.4, -0.2) is 15.8 Å². The molecule has 0 aromatic heterocycles. The molecule has 90 valence electrons. The Labute approximate surface area is 94.7 Å². The van der Waals surface area contributed by atoms with Crippen LogP contribution in [0.1, 0.15) is 6.92 Å². The lowest BCUT2D eigenvalue weighted by Gasteiger charge is -2.13. The summed E-state index contributed by atoms with van der Waals surface area (Å²) in [7, 11) is 0. The fourth-order valence-electron chi connectivity index (χ4n) is 1.14. The molecule has 0 atom stereocenters. The van der Waals surface area contributed by atoms with Crippen LogP contribution in [0.3, 0.4) is 0 Å². The monoisotopic (exact) mass is 240 g/mol. The summed E-state index contributed by atoms with van der Waals surface area (Å²) >= 11 is 0. The number of non-ortho nitro benzene ring substituents is 1. The summed E-state index contributed by atoms with van der Waals surface area (Å²) < 4.78 is 0. The van der Waals surface area contributed by atoms with Gasteiger partial charge in [-0.15, -0.1) is 0 Å². The van der Waals surface area contributed by atoms with Crippen LogP contribution in [0, 0.1) is 20.2 Å². The fourth-order valence-corrected chi connectivity index (χ4v) is 1.14. The van der Waals surface area contributed by atoms with E-state index >= 15 is 0 Å². The van der Waals surface area contributed by atoms with Gasteiger partial charge in [-0.25, -0.2) is 10.9 Å². The van der Waals surface area contributed by atoms with E-state index in [0.717, 1.165) is 25.1 Å². The highest BCUT2D eigenvalue weighted by molar-refractivity contribution is 5.93. The quantitative estimate of drug-likeness (QED) is 0.358. The van der Waals surface area contributed by atoms with Crippen molar-refractivity contribution in [3.8, 4) is 0 Å². The molecule has 9 nitrogen and oxygen atoms in total. The van der Waals surface area contributed by atoms with Crippen LogP contribution in [0.2, 0.25) is 0 Å². The van der Waals surface area contributed by atoms with Gasteiger partial charge in [0, 0.05) is 13.0 Å². The number of anilines is 1. The standard InChI is InChI=1S/C8H8N4O5/c1-5(13)10(9)7-3-2-6(11(14)15)4-8(7)12(16)17/h2-4H,9H2,1H3. The van der Waals surface area contributed by atoms with Crippen molar-refractivity contribution in [2.45, 2.75) is 6.92 Å². The molecule has 0 saturated heterocycles. The first-order valence-electron chi connectivity index (χ1n) is 4.33. The van der Waals surface area contributed by atoms with Crippen molar-refractivity contribution in [3.63, 3.8) is 0 Å². The summed E-state index contributed by atoms with van der Waals surface area (Å²) in [6, 6.07) is 2.83. The Balaban J connectivity index is 3.37. The highest BCUT2D eigenvalue weighted by Gasteiger charge is 2.23. The van der Waals surface area contributed by atoms with Crippen molar-refractivity contribution >= 4 is 23.0 Å². The second kappa shape index (κ2) is 4.53. The lowest BCUT2D eigenvalue weighted by Crippen LogP contribution is -2.35. The predicted molar refractivity (Wildman–Crippen MR) is 57.1 cm³/mol. The summed E-state index contributed by atoms with van der Waals surface area (Å²) in [5.74, 6) is 4.69. The Bertz CT molecular complexity index is 501. The first-order chi connectivity index (χ1) is 7.84. The number of amides is 1. The van der Waals surface area contributed by atoms with E-state index in [-0.39, 0.29) is 5.69 Å². The number of hydrogen-bond acceptors (Lipinski definition) is 6. The predicted octanol–water partition coefficient (Wildman–Crippen LogP) is 0.730. The van der Waals surface area contributed by atoms with E-state index in [1.807, 2.05) is 0 Å². The molecule has 0 radical (unpaired) electrons. The maximum absolute atomic E-state index is 11.0. The summed E-state index contributed by atoms with van der Waals surface area (Å²) in [6.45, 7) is 1.12. The van der Waals surface area contributed by atoms with Gasteiger partial charge in [0.25, 0.3) is 5.69 Å². The minimum Gasteiger partial charge on any atom is -0.273 e. The molecule has 0 aliphatic heterocycles. The first-order valence-corrected chi connectivity index (χ1v) is 4.33. The number of hydrazine groups is 1. The highest BCUT2D eigenvalue weighted by atomic mass is 16.6. The first kappa shape index (κ1) is 12.5. The number of nitro groups is 2. The zero-order chi connectivity index (χ0) is 13.2. The topological polar surface area (TPSA) is 133 Å². The van der Waals surface area contributed by atoms with E-state index in [1.54, 1.807) is 0 Å². The van der Waals surface area contributed by atoms with E-state index in [0.29, 0.717) is 5.01 Å². The second-order valence-electron chi connectivity index (χ2n) is 3.08. The third kappa shape index (κ3) is 2.52. The number of rotatable bonds is 3. The summed E-state index contributed by atoms with van der Waals surface area (Å²) in [5.41, 5.74) is -1.25. The molecular weight excluding hydrogens is 232 g/mol. The summed E-state index contributed by atoms with van der Waals surface area (Å²) in [5, 5.41) is 21.7. The largest absolute Gasteiger partial charge is 0.301 e. The van der Waals surface area contributed by atoms with Gasteiger partial charge in [-0.05, 0) is 6.07 Å². The number of benzene rings is 1. The van der Waals surface area contributed by atoms with Crippen LogP contribution in [0.5, 0.6) is 0 Å². The third-order valence-electron chi connectivity index (χ3n) is 1.97. The zero-order valence-corrected chi connectivity index (χ0v) is 8.69. The molecule has 17 heavy (non-hydrogen) atoms. The van der Waals surface area contributed by atoms with Crippen molar-refractivity contribution < 1.29 is 14.6 Å². The van der Waals surface area contributed by atoms with E-state index < -0.39 is 27.1 Å². The Morgan fingerprint density at radius 2 is 1.88 bits per heavy atom. The van der Waals surface area contributed by atoms with E-state index in [2.05, 4.69) is 0 Å². The molecule has 1 aromatic rings. The van der Waals surface area contributed by atoms with Crippen LogP contribution >= 0.6 is 0 Å². The highest BCUT2D eigenvalue weighted by Crippen LogP contribution is 2.30. The van der Waals surface area contributed by atoms with Crippen LogP contribution in [0.15, 0.2) is 18.2 Å². The number of nitrogens with zero attached hydrogens (tertiary/aromatic N) is 3. The van der Waals surface area contributed by atoms with Gasteiger partial charge >= 0.3 is 5.69 Å². The maximum atomic E-state index is 11.0. The molecule has 0 bridgehead atoms. The molecule has 0 saturated carbocycles. The molecule has 0 spiro atoms. The Morgan fingerprint density at radius 3 is 2.29 bits per heavy atom. The number of hydrogen-bond donors (Lipinski definition) is 1. The zero-order valence-electron chi connectivity index (χ0n) is 8.69. The normalized spacial score (nSPS) is 9.76. The molecule has 0 aliphatic carbocycles. The van der Waals surface area contributed by atoms with Crippen molar-refractivity contribution in [2.24, 2.45) is 5.84 Å². The molecule has 2 N–H and O–H groups in total. The molecule has 1 amide bonds. The van der Waals surface area contributed by atoms with Gasteiger partial charge in [-0.2, -0.15) is 0 Å². The Hall–Kier alpha value is -2.55. The van der Waals surface area contributed by atoms with E-state index in [4.69, 9.17) is 5.84 Å². The van der Waals surface area contributed by atoms with Gasteiger partial charge in [-0.3, -0.25) is 25.0 Å². The number of nitro benzene ring substituents is 2. The number of nitrogens with two attached hydrogens (primary N) is 1. The molecule has 0 unspecified atom stereocenters. The van der Waals surface area contributed by atoms with E-state index in [9.17, 15) is 25.0 Å². The summed E-state index contributed by atoms with van der Waals surface area (Å²) in [4.78, 5) is 30.5. The molecular formula is C8H8N4O5. The van der Waals surface area contributed by atoms with Crippen molar-refractivity contribution in [1.82, 2.24) is 0 Å². The second-order valence-corrected chi connectivity index (χ2v) is 3.08. The van der Waals surface area contributed by atoms with Gasteiger partial charge in [0.05, 0.1) is 15.9 Å². The average Bonchev–Trinajstić information content (AvgIpc) is 2.26. The molecule has 1 rings (SSSR count). The van der Waals surface area contributed by atoms with Gasteiger partial charge in [0.2, 0.25) is 5.91 Å². The number of carbonyl (C=O) groups is 1. The Morgan fingerprint density at radius 1 is 1.29 bits per heavy atom. The maximum Gasteiger partial charge on any atom is 0.301 e. The van der Waals surface area contributed by atoms with Crippen molar-refractivity contribution in [1.29, 1.82) is 0 Å². The fraction of sp³-hybridized carbons (Fsp3) is 0.125. The van der Waals surface area contributed by atoms with Gasteiger partial charge in [-0.1, -0.05) is 0 Å². The van der Waals surface area contributed by atoms with Gasteiger partial charge in [0.1, 0.15) is 5.69 Å². The Kier molecular flexibility index (Phi) is 3.34. The van der Waals surface area contributed by atoms with Crippen LogP contribution in [0.25, 0.3) is 0 Å². The van der Waals surface area contributed by atoms with Gasteiger partial charge in [0.15, 0.2) is 0 Å². The van der Waals surface area contributed by atoms with Crippen molar-refractivity contribution in [2.75, 3.05) is 5.01 Å². The minimum absolute atomic E-state index is 0.201. The summed E-state index contributed by atoms with van der Waals surface area (Å²) in [6.07, 6.45) is 0. The lowest BCUT2D eigenvalue weighted by molar-refractivity contribution is -0.393. The lowest BCUT2D eigenvalue weighted by atomic mass is 10.2. The smallest absolute Gasteiger partial charge is 0.273 e. The molecule has 0 aliphatic rings. The molecule has 0 fully saturated rings. The average molecular weight is 240 g/mol. The molecule has 9 heteroatoms. The SMILES string of the molecule is CC(=O)N(N)c1ccc([N+](=O)[O-])cc1[N+](=O)[O-]. The van der Waals surface area contributed by atoms with Crippen LogP contribution in [0.4, 0.5) is 17.1 Å².